The number of aliphatic carboxylic acids is 1. The van der Waals surface area contributed by atoms with E-state index in [4.69, 9.17) is 5.11 Å². The zero-order valence-electron chi connectivity index (χ0n) is 20.9. The Labute approximate surface area is 195 Å². The van der Waals surface area contributed by atoms with E-state index in [-0.39, 0.29) is 5.41 Å². The quantitative estimate of drug-likeness (QED) is 0.292. The van der Waals surface area contributed by atoms with Gasteiger partial charge in [-0.2, -0.15) is 0 Å². The molecule has 0 radical (unpaired) electrons. The summed E-state index contributed by atoms with van der Waals surface area (Å²) in [6, 6.07) is 0. The molecule has 1 N–H and O–H groups in total. The number of hydrogen-bond donors (Lipinski definition) is 1. The lowest BCUT2D eigenvalue weighted by molar-refractivity contribution is -0.132. The van der Waals surface area contributed by atoms with Crippen LogP contribution in [0.15, 0.2) is 106 Å². The van der Waals surface area contributed by atoms with Gasteiger partial charge in [-0.3, -0.25) is 0 Å². The maximum absolute atomic E-state index is 10.7. The molecule has 2 heteroatoms. The fraction of sp³-hybridized carbons (Fsp3) is 0.367. The molecule has 0 aliphatic heterocycles. The summed E-state index contributed by atoms with van der Waals surface area (Å²) in [5.74, 6) is -0.897. The standard InChI is InChI=1S/C30H40O2/c1-23(13-8-9-14-24(2)17-11-18-27(5)29(31)32)15-10-16-25(3)20-21-28-26(4)19-12-22-30(28,6)7/h8-11,13-18,20-21H,12,19,22H2,1-7H3,(H,31,32)/b9-8+,15-10+,17-11+,21-20+,23-13+,24-14+,25-16+,27-18+. The van der Waals surface area contributed by atoms with Crippen LogP contribution >= 0.6 is 0 Å². The molecule has 0 spiro atoms. The van der Waals surface area contributed by atoms with Gasteiger partial charge >= 0.3 is 5.97 Å². The minimum atomic E-state index is -0.897. The van der Waals surface area contributed by atoms with Crippen molar-refractivity contribution in [1.82, 2.24) is 0 Å². The number of carboxylic acid groups (broad SMARTS) is 1. The van der Waals surface area contributed by atoms with E-state index in [2.05, 4.69) is 71.1 Å². The van der Waals surface area contributed by atoms with Gasteiger partial charge in [0, 0.05) is 5.57 Å². The summed E-state index contributed by atoms with van der Waals surface area (Å²) < 4.78 is 0. The van der Waals surface area contributed by atoms with Crippen LogP contribution in [0.1, 0.15) is 67.7 Å². The average molecular weight is 433 g/mol. The maximum Gasteiger partial charge on any atom is 0.331 e. The molecule has 1 aliphatic rings. The molecular weight excluding hydrogens is 392 g/mol. The number of hydrogen-bond acceptors (Lipinski definition) is 1. The third-order valence-corrected chi connectivity index (χ3v) is 5.65. The van der Waals surface area contributed by atoms with Gasteiger partial charge in [0.25, 0.3) is 0 Å². The summed E-state index contributed by atoms with van der Waals surface area (Å²) in [4.78, 5) is 10.7. The zero-order valence-corrected chi connectivity index (χ0v) is 20.9. The van der Waals surface area contributed by atoms with Gasteiger partial charge in [-0.25, -0.2) is 4.79 Å². The van der Waals surface area contributed by atoms with Crippen LogP contribution in [-0.2, 0) is 4.79 Å². The molecule has 0 amide bonds. The largest absolute Gasteiger partial charge is 0.478 e. The van der Waals surface area contributed by atoms with Crippen molar-refractivity contribution in [3.05, 3.63) is 106 Å². The Bertz CT molecular complexity index is 935. The first-order valence-corrected chi connectivity index (χ1v) is 11.4. The molecule has 172 valence electrons. The highest BCUT2D eigenvalue weighted by atomic mass is 16.4. The molecule has 1 aliphatic carbocycles. The maximum atomic E-state index is 10.7. The second kappa shape index (κ2) is 13.5. The second-order valence-electron chi connectivity index (χ2n) is 9.25. The van der Waals surface area contributed by atoms with E-state index >= 15 is 0 Å². The monoisotopic (exact) mass is 432 g/mol. The van der Waals surface area contributed by atoms with Crippen molar-refractivity contribution in [2.24, 2.45) is 5.41 Å². The fourth-order valence-electron chi connectivity index (χ4n) is 3.57. The van der Waals surface area contributed by atoms with Crippen molar-refractivity contribution in [3.63, 3.8) is 0 Å². The Balaban J connectivity index is 2.65. The Kier molecular flexibility index (Phi) is 11.5. The molecule has 32 heavy (non-hydrogen) atoms. The van der Waals surface area contributed by atoms with Crippen LogP contribution in [-0.4, -0.2) is 11.1 Å². The molecule has 0 aromatic carbocycles. The Morgan fingerprint density at radius 3 is 1.84 bits per heavy atom. The second-order valence-corrected chi connectivity index (χ2v) is 9.25. The van der Waals surface area contributed by atoms with Gasteiger partial charge in [0.1, 0.15) is 0 Å². The molecule has 0 fully saturated rings. The Hall–Kier alpha value is -2.87. The summed E-state index contributed by atoms with van der Waals surface area (Å²) in [6.45, 7) is 14.7. The molecule has 0 bridgehead atoms. The highest BCUT2D eigenvalue weighted by Crippen LogP contribution is 2.40. The lowest BCUT2D eigenvalue weighted by Gasteiger charge is -2.32. The molecular formula is C30H40O2. The summed E-state index contributed by atoms with van der Waals surface area (Å²) in [6.07, 6.45) is 27.9. The molecule has 0 saturated heterocycles. The highest BCUT2D eigenvalue weighted by Gasteiger charge is 2.26. The number of allylic oxidation sites excluding steroid dienone is 17. The van der Waals surface area contributed by atoms with E-state index < -0.39 is 5.97 Å². The predicted molar refractivity (Wildman–Crippen MR) is 140 cm³/mol. The van der Waals surface area contributed by atoms with Crippen LogP contribution < -0.4 is 0 Å². The Morgan fingerprint density at radius 1 is 0.812 bits per heavy atom. The number of carbonyl (C=O) groups is 1. The first-order chi connectivity index (χ1) is 15.0. The predicted octanol–water partition coefficient (Wildman–Crippen LogP) is 8.61. The zero-order chi connectivity index (χ0) is 24.1. The molecule has 0 unspecified atom stereocenters. The smallest absolute Gasteiger partial charge is 0.331 e. The average Bonchev–Trinajstić information content (AvgIpc) is 2.70. The summed E-state index contributed by atoms with van der Waals surface area (Å²) in [7, 11) is 0. The van der Waals surface area contributed by atoms with Gasteiger partial charge < -0.3 is 5.11 Å². The van der Waals surface area contributed by atoms with Gasteiger partial charge in [-0.1, -0.05) is 109 Å². The third-order valence-electron chi connectivity index (χ3n) is 5.65. The lowest BCUT2D eigenvalue weighted by Crippen LogP contribution is -2.19. The number of rotatable bonds is 9. The van der Waals surface area contributed by atoms with E-state index in [0.29, 0.717) is 5.57 Å². The third kappa shape index (κ3) is 10.4. The van der Waals surface area contributed by atoms with E-state index in [1.807, 2.05) is 31.2 Å². The lowest BCUT2D eigenvalue weighted by atomic mass is 9.72. The van der Waals surface area contributed by atoms with E-state index in [0.717, 1.165) is 5.57 Å². The fourth-order valence-corrected chi connectivity index (χ4v) is 3.57. The summed E-state index contributed by atoms with van der Waals surface area (Å²) in [5.41, 5.74) is 7.07. The van der Waals surface area contributed by atoms with Crippen LogP contribution in [0.2, 0.25) is 0 Å². The van der Waals surface area contributed by atoms with Crippen LogP contribution in [0.3, 0.4) is 0 Å². The number of carboxylic acids is 1. The van der Waals surface area contributed by atoms with Crippen molar-refractivity contribution >= 4 is 5.97 Å². The SMILES string of the molecule is CC1=C(/C=C/C(C)=C/C=C/C(C)=C/C=C/C=C(C)/C=C/C=C(\C)C(=O)O)C(C)(C)CCC1. The van der Waals surface area contributed by atoms with Crippen LogP contribution in [0.5, 0.6) is 0 Å². The molecule has 0 heterocycles. The van der Waals surface area contributed by atoms with Crippen LogP contribution in [0, 0.1) is 5.41 Å². The van der Waals surface area contributed by atoms with E-state index in [1.165, 1.54) is 41.6 Å². The minimum Gasteiger partial charge on any atom is -0.478 e. The van der Waals surface area contributed by atoms with E-state index in [9.17, 15) is 4.79 Å². The summed E-state index contributed by atoms with van der Waals surface area (Å²) >= 11 is 0. The molecule has 1 rings (SSSR count). The van der Waals surface area contributed by atoms with Crippen LogP contribution in [0.25, 0.3) is 0 Å². The van der Waals surface area contributed by atoms with Crippen molar-refractivity contribution in [1.29, 1.82) is 0 Å². The van der Waals surface area contributed by atoms with Crippen molar-refractivity contribution < 1.29 is 9.90 Å². The molecule has 0 saturated carbocycles. The van der Waals surface area contributed by atoms with E-state index in [1.54, 1.807) is 19.1 Å². The first kappa shape index (κ1) is 27.2. The minimum absolute atomic E-state index is 0.275. The van der Waals surface area contributed by atoms with Gasteiger partial charge in [0.2, 0.25) is 0 Å². The molecule has 2 nitrogen and oxygen atoms in total. The highest BCUT2D eigenvalue weighted by molar-refractivity contribution is 5.86. The van der Waals surface area contributed by atoms with Gasteiger partial charge in [0.15, 0.2) is 0 Å². The first-order valence-electron chi connectivity index (χ1n) is 11.4. The van der Waals surface area contributed by atoms with Gasteiger partial charge in [-0.05, 0) is 64.9 Å². The van der Waals surface area contributed by atoms with Crippen LogP contribution in [0.4, 0.5) is 0 Å². The van der Waals surface area contributed by atoms with Gasteiger partial charge in [0.05, 0.1) is 0 Å². The van der Waals surface area contributed by atoms with Gasteiger partial charge in [-0.15, -0.1) is 0 Å². The Morgan fingerprint density at radius 2 is 1.31 bits per heavy atom. The molecule has 0 aromatic heterocycles. The molecule has 0 aromatic rings. The molecule has 0 atom stereocenters. The topological polar surface area (TPSA) is 37.3 Å². The summed E-state index contributed by atoms with van der Waals surface area (Å²) in [5, 5.41) is 8.82. The van der Waals surface area contributed by atoms with Crippen molar-refractivity contribution in [3.8, 4) is 0 Å². The van der Waals surface area contributed by atoms with Crippen molar-refractivity contribution in [2.75, 3.05) is 0 Å². The van der Waals surface area contributed by atoms with Crippen molar-refractivity contribution in [2.45, 2.75) is 67.7 Å². The normalized spacial score (nSPS) is 19.3.